The van der Waals surface area contributed by atoms with Gasteiger partial charge >= 0.3 is 0 Å². The van der Waals surface area contributed by atoms with Crippen LogP contribution in [0.15, 0.2) is 85.8 Å². The Kier molecular flexibility index (Phi) is 8.02. The van der Waals surface area contributed by atoms with Gasteiger partial charge in [0.25, 0.3) is 0 Å². The van der Waals surface area contributed by atoms with E-state index in [1.54, 1.807) is 19.0 Å². The van der Waals surface area contributed by atoms with Crippen LogP contribution in [-0.2, 0) is 6.42 Å². The van der Waals surface area contributed by atoms with Crippen LogP contribution in [-0.4, -0.2) is 56.4 Å². The largest absolute Gasteiger partial charge is 0.368 e. The summed E-state index contributed by atoms with van der Waals surface area (Å²) in [5.41, 5.74) is 5.69. The molecule has 0 fully saturated rings. The summed E-state index contributed by atoms with van der Waals surface area (Å²) in [6, 6.07) is 19.6. The van der Waals surface area contributed by atoms with E-state index in [-0.39, 0.29) is 7.43 Å². The first-order valence-electron chi connectivity index (χ1n) is 12.1. The number of aromatic nitrogens is 10. The van der Waals surface area contributed by atoms with Gasteiger partial charge in [0.05, 0.1) is 19.0 Å². The van der Waals surface area contributed by atoms with E-state index in [0.29, 0.717) is 33.6 Å². The second kappa shape index (κ2) is 12.1. The number of hydrogen-bond donors (Lipinski definition) is 4. The van der Waals surface area contributed by atoms with E-state index >= 15 is 0 Å². The van der Waals surface area contributed by atoms with Crippen molar-refractivity contribution in [3.8, 4) is 22.8 Å². The molecule has 0 saturated carbocycles. The number of halogens is 1. The number of nitrogens with one attached hydrogen (secondary N) is 4. The lowest BCUT2D eigenvalue weighted by atomic mass is 10.2. The molecule has 2 aromatic carbocycles. The Balaban J connectivity index is 0.000000167. The minimum Gasteiger partial charge on any atom is -0.368 e. The highest BCUT2D eigenvalue weighted by Crippen LogP contribution is 2.23. The first-order chi connectivity index (χ1) is 19.2. The predicted octanol–water partition coefficient (Wildman–Crippen LogP) is 5.71. The fourth-order valence-corrected chi connectivity index (χ4v) is 4.15. The molecule has 0 aliphatic carbocycles. The molecule has 0 aliphatic heterocycles. The van der Waals surface area contributed by atoms with Crippen LogP contribution in [0.5, 0.6) is 0 Å². The zero-order valence-corrected chi connectivity index (χ0v) is 21.3. The maximum absolute atomic E-state index is 6.03. The van der Waals surface area contributed by atoms with E-state index < -0.39 is 0 Å². The SMILES string of the molecule is C.Clc1nc(-c2ccccc2)nc2nc[nH]c12.c1ccc(-c2nc(NCCc3cnc[nH]3)c3[nH]cnc3n2)cc1. The summed E-state index contributed by atoms with van der Waals surface area (Å²) >= 11 is 6.03. The molecular weight excluding hydrogens is 526 g/mol. The van der Waals surface area contributed by atoms with Crippen LogP contribution in [0.2, 0.25) is 5.15 Å². The highest BCUT2D eigenvalue weighted by atomic mass is 35.5. The van der Waals surface area contributed by atoms with Gasteiger partial charge in [-0.1, -0.05) is 79.7 Å². The van der Waals surface area contributed by atoms with Gasteiger partial charge in [-0.05, 0) is 0 Å². The number of nitrogens with zero attached hydrogens (tertiary/aromatic N) is 7. The van der Waals surface area contributed by atoms with Gasteiger partial charge in [0.2, 0.25) is 0 Å². The molecule has 7 rings (SSSR count). The van der Waals surface area contributed by atoms with Crippen molar-refractivity contribution in [2.24, 2.45) is 0 Å². The van der Waals surface area contributed by atoms with Gasteiger partial charge in [0.1, 0.15) is 11.0 Å². The Bertz CT molecular complexity index is 1800. The standard InChI is InChI=1S/C16H15N7.C11H7ClN4.CH4/c1-2-4-11(5-3-1)14-22-15(13-16(23-14)21-10-20-13)18-7-6-12-8-17-9-19-12;12-9-8-11(14-6-13-8)16-10(15-9)7-4-2-1-3-5-7;/h1-5,8-10H,6-7H2,(H,17,19)(H2,18,20,21,22,23);1-6H,(H,13,14,15,16);1H4. The van der Waals surface area contributed by atoms with Crippen LogP contribution in [0.4, 0.5) is 5.82 Å². The minimum absolute atomic E-state index is 0. The zero-order chi connectivity index (χ0) is 26.4. The Morgan fingerprint density at radius 3 is 1.90 bits per heavy atom. The highest BCUT2D eigenvalue weighted by Gasteiger charge is 2.11. The molecule has 0 aliphatic rings. The maximum atomic E-state index is 6.03. The molecule has 7 aromatic rings. The second-order valence-electron chi connectivity index (χ2n) is 8.42. The summed E-state index contributed by atoms with van der Waals surface area (Å²) in [7, 11) is 0. The molecule has 0 bridgehead atoms. The van der Waals surface area contributed by atoms with Crippen molar-refractivity contribution >= 4 is 39.7 Å². The van der Waals surface area contributed by atoms with Crippen molar-refractivity contribution in [2.45, 2.75) is 13.8 Å². The number of anilines is 1. The van der Waals surface area contributed by atoms with Crippen molar-refractivity contribution < 1.29 is 0 Å². The van der Waals surface area contributed by atoms with Gasteiger partial charge in [-0.3, -0.25) is 0 Å². The summed E-state index contributed by atoms with van der Waals surface area (Å²) in [5.74, 6) is 2.00. The molecular formula is C28H26ClN11. The topological polar surface area (TPSA) is 150 Å². The fourth-order valence-electron chi connectivity index (χ4n) is 3.93. The van der Waals surface area contributed by atoms with Crippen LogP contribution in [0.3, 0.4) is 0 Å². The first-order valence-corrected chi connectivity index (χ1v) is 12.5. The average molecular weight is 552 g/mol. The monoisotopic (exact) mass is 551 g/mol. The van der Waals surface area contributed by atoms with Crippen LogP contribution in [0.25, 0.3) is 45.1 Å². The highest BCUT2D eigenvalue weighted by molar-refractivity contribution is 6.33. The van der Waals surface area contributed by atoms with Gasteiger partial charge in [-0.25, -0.2) is 34.9 Å². The molecule has 0 amide bonds. The van der Waals surface area contributed by atoms with Crippen molar-refractivity contribution in [2.75, 3.05) is 11.9 Å². The van der Waals surface area contributed by atoms with E-state index in [1.807, 2.05) is 66.9 Å². The Hall–Kier alpha value is -5.16. The van der Waals surface area contributed by atoms with Crippen molar-refractivity contribution in [1.82, 2.24) is 49.8 Å². The molecule has 40 heavy (non-hydrogen) atoms. The minimum atomic E-state index is 0. The van der Waals surface area contributed by atoms with E-state index in [1.165, 1.54) is 0 Å². The Morgan fingerprint density at radius 2 is 1.27 bits per heavy atom. The summed E-state index contributed by atoms with van der Waals surface area (Å²) in [4.78, 5) is 39.1. The molecule has 0 saturated heterocycles. The molecule has 0 unspecified atom stereocenters. The van der Waals surface area contributed by atoms with Gasteiger partial charge in [-0.2, -0.15) is 0 Å². The van der Waals surface area contributed by atoms with Gasteiger partial charge < -0.3 is 20.3 Å². The lowest BCUT2D eigenvalue weighted by Gasteiger charge is -2.08. The predicted molar refractivity (Wildman–Crippen MR) is 157 cm³/mol. The van der Waals surface area contributed by atoms with Gasteiger partial charge in [0, 0.05) is 36.0 Å². The molecule has 4 N–H and O–H groups in total. The molecule has 5 heterocycles. The number of fused-ring (bicyclic) bond motifs is 2. The van der Waals surface area contributed by atoms with Crippen molar-refractivity contribution in [1.29, 1.82) is 0 Å². The molecule has 0 spiro atoms. The molecule has 5 aromatic heterocycles. The third-order valence-corrected chi connectivity index (χ3v) is 6.11. The number of hydrogen-bond acceptors (Lipinski definition) is 8. The molecule has 0 radical (unpaired) electrons. The van der Waals surface area contributed by atoms with Crippen LogP contribution < -0.4 is 5.32 Å². The summed E-state index contributed by atoms with van der Waals surface area (Å²) in [6.45, 7) is 0.738. The summed E-state index contributed by atoms with van der Waals surface area (Å²) in [6.07, 6.45) is 7.53. The Morgan fingerprint density at radius 1 is 0.675 bits per heavy atom. The summed E-state index contributed by atoms with van der Waals surface area (Å²) in [5, 5.41) is 3.74. The molecule has 200 valence electrons. The van der Waals surface area contributed by atoms with Crippen LogP contribution in [0.1, 0.15) is 13.1 Å². The number of imidazole rings is 3. The third kappa shape index (κ3) is 5.79. The fraction of sp³-hybridized carbons (Fsp3) is 0.107. The van der Waals surface area contributed by atoms with E-state index in [0.717, 1.165) is 41.1 Å². The zero-order valence-electron chi connectivity index (χ0n) is 20.5. The van der Waals surface area contributed by atoms with Gasteiger partial charge in [-0.15, -0.1) is 0 Å². The first kappa shape index (κ1) is 26.4. The lowest BCUT2D eigenvalue weighted by Crippen LogP contribution is -2.08. The second-order valence-corrected chi connectivity index (χ2v) is 8.78. The van der Waals surface area contributed by atoms with Crippen LogP contribution >= 0.6 is 11.6 Å². The average Bonchev–Trinajstić information content (AvgIpc) is 3.77. The van der Waals surface area contributed by atoms with E-state index in [4.69, 9.17) is 11.6 Å². The third-order valence-electron chi connectivity index (χ3n) is 5.83. The van der Waals surface area contributed by atoms with E-state index in [2.05, 4.69) is 55.2 Å². The number of rotatable bonds is 6. The molecule has 0 atom stereocenters. The smallest absolute Gasteiger partial charge is 0.183 e. The number of benzene rings is 2. The number of aromatic amines is 3. The van der Waals surface area contributed by atoms with Gasteiger partial charge in [0.15, 0.2) is 33.9 Å². The van der Waals surface area contributed by atoms with Crippen LogP contribution in [0, 0.1) is 0 Å². The molecule has 12 heteroatoms. The normalized spacial score (nSPS) is 10.6. The lowest BCUT2D eigenvalue weighted by molar-refractivity contribution is 0.968. The number of H-pyrrole nitrogens is 3. The van der Waals surface area contributed by atoms with Crippen molar-refractivity contribution in [3.05, 3.63) is 96.7 Å². The van der Waals surface area contributed by atoms with E-state index in [9.17, 15) is 0 Å². The Labute approximate surface area is 234 Å². The molecule has 11 nitrogen and oxygen atoms in total. The van der Waals surface area contributed by atoms with Crippen molar-refractivity contribution in [3.63, 3.8) is 0 Å². The summed E-state index contributed by atoms with van der Waals surface area (Å²) < 4.78 is 0. The quantitative estimate of drug-likeness (QED) is 0.192. The maximum Gasteiger partial charge on any atom is 0.183 e.